The molecule has 4 atom stereocenters. The second kappa shape index (κ2) is 12.0. The number of amides is 1. The Morgan fingerprint density at radius 2 is 1.82 bits per heavy atom. The van der Waals surface area contributed by atoms with Crippen LogP contribution in [0.1, 0.15) is 51.7 Å². The van der Waals surface area contributed by atoms with Gasteiger partial charge in [-0.3, -0.25) is 4.79 Å². The molecule has 1 N–H and O–H groups in total. The molecular formula is C29H35F4NO6. The van der Waals surface area contributed by atoms with Crippen LogP contribution in [0.2, 0.25) is 0 Å². The fraction of sp³-hybridized carbons (Fsp3) is 0.552. The van der Waals surface area contributed by atoms with E-state index in [0.717, 1.165) is 0 Å². The van der Waals surface area contributed by atoms with Crippen molar-refractivity contribution in [2.24, 2.45) is 5.92 Å². The van der Waals surface area contributed by atoms with Crippen molar-refractivity contribution in [3.63, 3.8) is 0 Å². The molecular weight excluding hydrogens is 534 g/mol. The number of fused-ring (bicyclic) bond motifs is 1. The number of nitrogens with one attached hydrogen (secondary N) is 1. The van der Waals surface area contributed by atoms with Gasteiger partial charge in [-0.2, -0.15) is 0 Å². The first-order valence-corrected chi connectivity index (χ1v) is 13.2. The highest BCUT2D eigenvalue weighted by Crippen LogP contribution is 2.44. The molecule has 1 saturated heterocycles. The molecule has 1 saturated carbocycles. The molecule has 2 aromatic rings. The van der Waals surface area contributed by atoms with Gasteiger partial charge in [0.2, 0.25) is 0 Å². The van der Waals surface area contributed by atoms with Crippen molar-refractivity contribution in [3.8, 4) is 5.75 Å². The minimum Gasteiger partial charge on any atom is -0.406 e. The zero-order chi connectivity index (χ0) is 29.1. The van der Waals surface area contributed by atoms with Gasteiger partial charge in [0.05, 0.1) is 25.4 Å². The quantitative estimate of drug-likeness (QED) is 0.373. The van der Waals surface area contributed by atoms with Crippen molar-refractivity contribution >= 4 is 5.91 Å². The Morgan fingerprint density at radius 1 is 1.07 bits per heavy atom. The molecule has 0 radical (unpaired) electrons. The van der Waals surface area contributed by atoms with E-state index in [0.29, 0.717) is 17.7 Å². The Morgan fingerprint density at radius 3 is 2.52 bits per heavy atom. The summed E-state index contributed by atoms with van der Waals surface area (Å²) >= 11 is 0. The summed E-state index contributed by atoms with van der Waals surface area (Å²) in [7, 11) is 0. The summed E-state index contributed by atoms with van der Waals surface area (Å²) in [5.41, 5.74) is -0.707. The highest BCUT2D eigenvalue weighted by molar-refractivity contribution is 5.85. The number of alkyl halides is 3. The van der Waals surface area contributed by atoms with Crippen molar-refractivity contribution in [2.45, 2.75) is 89.8 Å². The fourth-order valence-corrected chi connectivity index (χ4v) is 5.03. The van der Waals surface area contributed by atoms with Gasteiger partial charge in [-0.05, 0) is 43.5 Å². The summed E-state index contributed by atoms with van der Waals surface area (Å²) in [6, 6.07) is 11.6. The van der Waals surface area contributed by atoms with Gasteiger partial charge in [0.25, 0.3) is 5.91 Å². The Hall–Kier alpha value is -2.73. The van der Waals surface area contributed by atoms with E-state index in [1.54, 1.807) is 38.1 Å². The number of halogens is 4. The molecule has 40 heavy (non-hydrogen) atoms. The van der Waals surface area contributed by atoms with Gasteiger partial charge in [0.15, 0.2) is 11.4 Å². The number of rotatable bonds is 10. The Kier molecular flexibility index (Phi) is 9.08. The number of ether oxygens (including phenoxy) is 5. The molecule has 0 bridgehead atoms. The summed E-state index contributed by atoms with van der Waals surface area (Å²) in [5, 5.41) is 2.94. The molecule has 2 aromatic carbocycles. The maximum Gasteiger partial charge on any atom is 0.573 e. The van der Waals surface area contributed by atoms with Gasteiger partial charge < -0.3 is 29.0 Å². The summed E-state index contributed by atoms with van der Waals surface area (Å²) in [6.45, 7) is 7.59. The highest BCUT2D eigenvalue weighted by Gasteiger charge is 2.58. The van der Waals surface area contributed by atoms with E-state index in [1.807, 2.05) is 13.8 Å². The lowest BCUT2D eigenvalue weighted by Gasteiger charge is -2.43. The first-order chi connectivity index (χ1) is 18.8. The molecule has 4 rings (SSSR count). The average molecular weight is 570 g/mol. The molecule has 1 aliphatic heterocycles. The first kappa shape index (κ1) is 30.2. The zero-order valence-corrected chi connectivity index (χ0v) is 22.9. The molecule has 1 amide bonds. The third-order valence-corrected chi connectivity index (χ3v) is 6.79. The SMILES string of the molecule is CC(C)CNC(=O)[C@@]1(OCc2ccccc2F)C[C@H](OCc2cccc(OC(F)(F)F)c2)[C@@H]2OC(C)(C)O[C@@H]2C1. The van der Waals surface area contributed by atoms with Crippen LogP contribution in [0, 0.1) is 11.7 Å². The number of carbonyl (C=O) groups excluding carboxylic acids is 1. The first-order valence-electron chi connectivity index (χ1n) is 13.2. The van der Waals surface area contributed by atoms with Gasteiger partial charge in [-0.25, -0.2) is 4.39 Å². The normalized spacial score (nSPS) is 26.0. The van der Waals surface area contributed by atoms with Crippen LogP contribution in [0.4, 0.5) is 17.6 Å². The summed E-state index contributed by atoms with van der Waals surface area (Å²) in [6.07, 6.45) is -6.49. The molecule has 1 heterocycles. The minimum absolute atomic E-state index is 0.0602. The van der Waals surface area contributed by atoms with Crippen LogP contribution in [0.15, 0.2) is 48.5 Å². The Balaban J connectivity index is 1.59. The molecule has 220 valence electrons. The number of carbonyl (C=O) groups is 1. The topological polar surface area (TPSA) is 75.3 Å². The summed E-state index contributed by atoms with van der Waals surface area (Å²) in [5.74, 6) is -1.99. The number of benzene rings is 2. The third kappa shape index (κ3) is 7.72. The van der Waals surface area contributed by atoms with Gasteiger partial charge in [-0.15, -0.1) is 13.2 Å². The highest BCUT2D eigenvalue weighted by atomic mass is 19.4. The predicted molar refractivity (Wildman–Crippen MR) is 137 cm³/mol. The van der Waals surface area contributed by atoms with E-state index in [4.69, 9.17) is 18.9 Å². The molecule has 2 fully saturated rings. The van der Waals surface area contributed by atoms with E-state index in [2.05, 4.69) is 10.1 Å². The van der Waals surface area contributed by atoms with Gasteiger partial charge in [-0.1, -0.05) is 44.2 Å². The lowest BCUT2D eigenvalue weighted by atomic mass is 9.78. The molecule has 2 aliphatic rings. The molecule has 0 aromatic heterocycles. The molecule has 0 spiro atoms. The second-order valence-electron chi connectivity index (χ2n) is 11.1. The molecule has 11 heteroatoms. The van der Waals surface area contributed by atoms with E-state index in [9.17, 15) is 22.4 Å². The molecule has 0 unspecified atom stereocenters. The largest absolute Gasteiger partial charge is 0.573 e. The average Bonchev–Trinajstić information content (AvgIpc) is 3.18. The van der Waals surface area contributed by atoms with E-state index < -0.39 is 41.9 Å². The lowest BCUT2D eigenvalue weighted by molar-refractivity contribution is -0.274. The monoisotopic (exact) mass is 569 g/mol. The van der Waals surface area contributed by atoms with Gasteiger partial charge in [0.1, 0.15) is 17.7 Å². The Bertz CT molecular complexity index is 1170. The predicted octanol–water partition coefficient (Wildman–Crippen LogP) is 5.65. The van der Waals surface area contributed by atoms with Crippen molar-refractivity contribution in [1.29, 1.82) is 0 Å². The van der Waals surface area contributed by atoms with Crippen LogP contribution >= 0.6 is 0 Å². The van der Waals surface area contributed by atoms with Crippen molar-refractivity contribution in [1.82, 2.24) is 5.32 Å². The number of hydrogen-bond acceptors (Lipinski definition) is 6. The Labute approximate surface area is 231 Å². The van der Waals surface area contributed by atoms with Crippen LogP contribution in [0.25, 0.3) is 0 Å². The van der Waals surface area contributed by atoms with E-state index in [1.165, 1.54) is 24.3 Å². The summed E-state index contributed by atoms with van der Waals surface area (Å²) in [4.78, 5) is 13.7. The van der Waals surface area contributed by atoms with Gasteiger partial charge >= 0.3 is 6.36 Å². The van der Waals surface area contributed by atoms with Crippen molar-refractivity contribution < 1.29 is 46.0 Å². The maximum absolute atomic E-state index is 14.4. The molecule has 1 aliphatic carbocycles. The smallest absolute Gasteiger partial charge is 0.406 e. The fourth-order valence-electron chi connectivity index (χ4n) is 5.03. The second-order valence-corrected chi connectivity index (χ2v) is 11.1. The molecule has 7 nitrogen and oxygen atoms in total. The van der Waals surface area contributed by atoms with Crippen molar-refractivity contribution in [3.05, 3.63) is 65.5 Å². The van der Waals surface area contributed by atoms with Crippen LogP contribution in [-0.4, -0.2) is 48.5 Å². The maximum atomic E-state index is 14.4. The number of hydrogen-bond donors (Lipinski definition) is 1. The van der Waals surface area contributed by atoms with Gasteiger partial charge in [0, 0.05) is 24.9 Å². The van der Waals surface area contributed by atoms with Crippen molar-refractivity contribution in [2.75, 3.05) is 6.54 Å². The van der Waals surface area contributed by atoms with Crippen LogP contribution in [0.5, 0.6) is 5.75 Å². The summed E-state index contributed by atoms with van der Waals surface area (Å²) < 4.78 is 81.3. The third-order valence-electron chi connectivity index (χ3n) is 6.79. The lowest BCUT2D eigenvalue weighted by Crippen LogP contribution is -2.60. The van der Waals surface area contributed by atoms with E-state index in [-0.39, 0.29) is 43.6 Å². The van der Waals surface area contributed by atoms with Crippen LogP contribution in [0.3, 0.4) is 0 Å². The standard InChI is InChI=1S/C29H35F4NO6/c1-18(2)15-34-26(35)28(37-17-20-9-5-6-11-22(20)30)13-23(25-24(14-28)39-27(3,4)40-25)36-16-19-8-7-10-21(12-19)38-29(31,32)33/h5-12,18,23-25H,13-17H2,1-4H3,(H,34,35)/t23-,24+,25-,28+/m0/s1. The zero-order valence-electron chi connectivity index (χ0n) is 22.9. The van der Waals surface area contributed by atoms with Crippen LogP contribution < -0.4 is 10.1 Å². The van der Waals surface area contributed by atoms with Crippen LogP contribution in [-0.2, 0) is 37.0 Å². The minimum atomic E-state index is -4.82. The van der Waals surface area contributed by atoms with E-state index >= 15 is 0 Å².